The molecule has 13 heavy (non-hydrogen) atoms. The summed E-state index contributed by atoms with van der Waals surface area (Å²) in [6.45, 7) is 4.56. The molecule has 1 heterocycles. The van der Waals surface area contributed by atoms with Gasteiger partial charge in [-0.3, -0.25) is 4.79 Å². The molecule has 0 spiro atoms. The highest BCUT2D eigenvalue weighted by molar-refractivity contribution is 5.69. The van der Waals surface area contributed by atoms with Gasteiger partial charge in [0, 0.05) is 13.0 Å². The molecule has 3 nitrogen and oxygen atoms in total. The first kappa shape index (κ1) is 10.5. The fraction of sp³-hybridized carbons (Fsp3) is 0.900. The Labute approximate surface area is 80.1 Å². The van der Waals surface area contributed by atoms with Gasteiger partial charge in [-0.15, -0.1) is 0 Å². The number of likely N-dealkylation sites (tertiary alicyclic amines) is 1. The van der Waals surface area contributed by atoms with E-state index < -0.39 is 0 Å². The van der Waals surface area contributed by atoms with Crippen LogP contribution in [-0.2, 0) is 9.53 Å². The molecule has 3 heteroatoms. The van der Waals surface area contributed by atoms with Crippen LogP contribution in [0.15, 0.2) is 0 Å². The highest BCUT2D eigenvalue weighted by atomic mass is 16.5. The van der Waals surface area contributed by atoms with E-state index in [0.29, 0.717) is 18.9 Å². The Balaban J connectivity index is 2.23. The molecule has 0 amide bonds. The van der Waals surface area contributed by atoms with Crippen molar-refractivity contribution >= 4 is 5.97 Å². The van der Waals surface area contributed by atoms with Gasteiger partial charge in [-0.1, -0.05) is 0 Å². The summed E-state index contributed by atoms with van der Waals surface area (Å²) < 4.78 is 4.92. The number of ether oxygens (including phenoxy) is 1. The lowest BCUT2D eigenvalue weighted by Gasteiger charge is -2.28. The average molecular weight is 185 g/mol. The number of piperidine rings is 1. The molecule has 0 aromatic rings. The predicted octanol–water partition coefficient (Wildman–Crippen LogP) is 1.28. The lowest BCUT2D eigenvalue weighted by atomic mass is 9.95. The normalized spacial score (nSPS) is 24.3. The van der Waals surface area contributed by atoms with Crippen LogP contribution in [0.1, 0.15) is 26.2 Å². The van der Waals surface area contributed by atoms with Crippen LogP contribution < -0.4 is 0 Å². The molecular weight excluding hydrogens is 166 g/mol. The molecule has 1 rings (SSSR count). The van der Waals surface area contributed by atoms with E-state index in [2.05, 4.69) is 11.9 Å². The third-order valence-corrected chi connectivity index (χ3v) is 2.48. The van der Waals surface area contributed by atoms with Crippen LogP contribution in [0.5, 0.6) is 0 Å². The molecule has 1 fully saturated rings. The summed E-state index contributed by atoms with van der Waals surface area (Å²) in [5.41, 5.74) is 0. The summed E-state index contributed by atoms with van der Waals surface area (Å²) >= 11 is 0. The van der Waals surface area contributed by atoms with E-state index in [4.69, 9.17) is 4.74 Å². The summed E-state index contributed by atoms with van der Waals surface area (Å²) in [5, 5.41) is 0. The van der Waals surface area contributed by atoms with Crippen LogP contribution >= 0.6 is 0 Å². The van der Waals surface area contributed by atoms with Gasteiger partial charge in [-0.2, -0.15) is 0 Å². The molecule has 0 aromatic heterocycles. The molecule has 0 bridgehead atoms. The number of carbonyl (C=O) groups excluding carboxylic acids is 1. The zero-order chi connectivity index (χ0) is 9.68. The number of nitrogens with zero attached hydrogens (tertiary/aromatic N) is 1. The first-order valence-electron chi connectivity index (χ1n) is 5.06. The largest absolute Gasteiger partial charge is 0.466 e. The number of carbonyl (C=O) groups is 1. The SMILES string of the molecule is CCOC(=O)CC1CCCN(C)C1. The second kappa shape index (κ2) is 5.22. The second-order valence-electron chi connectivity index (χ2n) is 3.78. The van der Waals surface area contributed by atoms with E-state index in [1.54, 1.807) is 0 Å². The Bertz CT molecular complexity index is 170. The highest BCUT2D eigenvalue weighted by Crippen LogP contribution is 2.18. The summed E-state index contributed by atoms with van der Waals surface area (Å²) in [6.07, 6.45) is 2.97. The van der Waals surface area contributed by atoms with E-state index in [-0.39, 0.29) is 5.97 Å². The zero-order valence-electron chi connectivity index (χ0n) is 8.58. The average Bonchev–Trinajstić information content (AvgIpc) is 2.04. The molecule has 76 valence electrons. The molecule has 1 saturated heterocycles. The van der Waals surface area contributed by atoms with Gasteiger partial charge in [-0.05, 0) is 39.3 Å². The quantitative estimate of drug-likeness (QED) is 0.620. The Morgan fingerprint density at radius 2 is 2.38 bits per heavy atom. The molecule has 1 atom stereocenters. The first-order valence-corrected chi connectivity index (χ1v) is 5.06. The van der Waals surface area contributed by atoms with E-state index in [0.717, 1.165) is 6.54 Å². The minimum Gasteiger partial charge on any atom is -0.466 e. The Morgan fingerprint density at radius 1 is 1.62 bits per heavy atom. The van der Waals surface area contributed by atoms with Gasteiger partial charge < -0.3 is 9.64 Å². The van der Waals surface area contributed by atoms with Crippen molar-refractivity contribution in [1.82, 2.24) is 4.90 Å². The maximum absolute atomic E-state index is 11.2. The van der Waals surface area contributed by atoms with Crippen LogP contribution in [0.4, 0.5) is 0 Å². The van der Waals surface area contributed by atoms with Crippen molar-refractivity contribution < 1.29 is 9.53 Å². The number of hydrogen-bond donors (Lipinski definition) is 0. The van der Waals surface area contributed by atoms with E-state index in [9.17, 15) is 4.79 Å². The van der Waals surface area contributed by atoms with Gasteiger partial charge in [0.2, 0.25) is 0 Å². The second-order valence-corrected chi connectivity index (χ2v) is 3.78. The van der Waals surface area contributed by atoms with Crippen LogP contribution in [0.3, 0.4) is 0 Å². The minimum atomic E-state index is -0.0391. The molecule has 0 N–H and O–H groups in total. The van der Waals surface area contributed by atoms with Crippen LogP contribution in [0, 0.1) is 5.92 Å². The summed E-state index contributed by atoms with van der Waals surface area (Å²) in [6, 6.07) is 0. The van der Waals surface area contributed by atoms with E-state index in [1.165, 1.54) is 19.4 Å². The van der Waals surface area contributed by atoms with Gasteiger partial charge in [0.15, 0.2) is 0 Å². The topological polar surface area (TPSA) is 29.5 Å². The Hall–Kier alpha value is -0.570. The third kappa shape index (κ3) is 3.77. The number of esters is 1. The highest BCUT2D eigenvalue weighted by Gasteiger charge is 2.20. The van der Waals surface area contributed by atoms with Gasteiger partial charge in [0.1, 0.15) is 0 Å². The molecule has 1 unspecified atom stereocenters. The van der Waals surface area contributed by atoms with Gasteiger partial charge >= 0.3 is 5.97 Å². The van der Waals surface area contributed by atoms with Crippen molar-refractivity contribution in [1.29, 1.82) is 0 Å². The molecule has 0 radical (unpaired) electrons. The van der Waals surface area contributed by atoms with Crippen molar-refractivity contribution in [3.8, 4) is 0 Å². The maximum Gasteiger partial charge on any atom is 0.306 e. The van der Waals surface area contributed by atoms with Crippen molar-refractivity contribution in [3.63, 3.8) is 0 Å². The maximum atomic E-state index is 11.2. The Kier molecular flexibility index (Phi) is 4.22. The number of rotatable bonds is 3. The summed E-state index contributed by atoms with van der Waals surface area (Å²) in [7, 11) is 2.11. The van der Waals surface area contributed by atoms with E-state index in [1.807, 2.05) is 6.92 Å². The van der Waals surface area contributed by atoms with Gasteiger partial charge in [-0.25, -0.2) is 0 Å². The lowest BCUT2D eigenvalue weighted by molar-refractivity contribution is -0.144. The van der Waals surface area contributed by atoms with E-state index >= 15 is 0 Å². The summed E-state index contributed by atoms with van der Waals surface area (Å²) in [4.78, 5) is 13.5. The van der Waals surface area contributed by atoms with Crippen LogP contribution in [-0.4, -0.2) is 37.6 Å². The molecular formula is C10H19NO2. The van der Waals surface area contributed by atoms with Crippen molar-refractivity contribution in [2.24, 2.45) is 5.92 Å². The fourth-order valence-electron chi connectivity index (χ4n) is 1.90. The molecule has 0 aromatic carbocycles. The molecule has 1 aliphatic rings. The number of hydrogen-bond acceptors (Lipinski definition) is 3. The van der Waals surface area contributed by atoms with Gasteiger partial charge in [0.25, 0.3) is 0 Å². The van der Waals surface area contributed by atoms with Crippen molar-refractivity contribution in [2.75, 3.05) is 26.7 Å². The predicted molar refractivity (Wildman–Crippen MR) is 51.5 cm³/mol. The lowest BCUT2D eigenvalue weighted by Crippen LogP contribution is -2.33. The molecule has 0 saturated carbocycles. The first-order chi connectivity index (χ1) is 6.22. The monoisotopic (exact) mass is 185 g/mol. The fourth-order valence-corrected chi connectivity index (χ4v) is 1.90. The summed E-state index contributed by atoms with van der Waals surface area (Å²) in [5.74, 6) is 0.473. The molecule has 1 aliphatic heterocycles. The smallest absolute Gasteiger partial charge is 0.306 e. The zero-order valence-corrected chi connectivity index (χ0v) is 8.58. The van der Waals surface area contributed by atoms with Crippen molar-refractivity contribution in [2.45, 2.75) is 26.2 Å². The van der Waals surface area contributed by atoms with Crippen LogP contribution in [0.2, 0.25) is 0 Å². The van der Waals surface area contributed by atoms with Crippen molar-refractivity contribution in [3.05, 3.63) is 0 Å². The third-order valence-electron chi connectivity index (χ3n) is 2.48. The van der Waals surface area contributed by atoms with Gasteiger partial charge in [0.05, 0.1) is 6.61 Å². The minimum absolute atomic E-state index is 0.0391. The standard InChI is InChI=1S/C10H19NO2/c1-3-13-10(12)7-9-5-4-6-11(2)8-9/h9H,3-8H2,1-2H3. The van der Waals surface area contributed by atoms with Crippen LogP contribution in [0.25, 0.3) is 0 Å². The molecule has 0 aliphatic carbocycles. The Morgan fingerprint density at radius 3 is 3.00 bits per heavy atom.